The maximum atomic E-state index is 12.5. The fourth-order valence-corrected chi connectivity index (χ4v) is 5.52. The van der Waals surface area contributed by atoms with Gasteiger partial charge in [0.1, 0.15) is 18.1 Å². The van der Waals surface area contributed by atoms with Gasteiger partial charge in [-0.25, -0.2) is 0 Å². The number of hydrogen-bond donors (Lipinski definition) is 0. The van der Waals surface area contributed by atoms with E-state index >= 15 is 0 Å². The molecule has 1 aliphatic rings. The van der Waals surface area contributed by atoms with Crippen molar-refractivity contribution in [3.05, 3.63) is 120 Å². The molecular formula is C36H41N3O2. The lowest BCUT2D eigenvalue weighted by molar-refractivity contribution is -0.118. The second-order valence-corrected chi connectivity index (χ2v) is 11.2. The number of pyridine rings is 1. The van der Waals surface area contributed by atoms with Crippen molar-refractivity contribution in [3.8, 4) is 16.9 Å². The Morgan fingerprint density at radius 3 is 2.17 bits per heavy atom. The highest BCUT2D eigenvalue weighted by atomic mass is 16.5. The molecule has 0 aliphatic carbocycles. The molecule has 5 rings (SSSR count). The number of carbonyl (C=O) groups excluding carboxylic acids is 1. The monoisotopic (exact) mass is 547 g/mol. The number of aromatic nitrogens is 1. The van der Waals surface area contributed by atoms with Gasteiger partial charge in [0.25, 0.3) is 0 Å². The first kappa shape index (κ1) is 28.7. The van der Waals surface area contributed by atoms with Crippen molar-refractivity contribution in [1.29, 1.82) is 0 Å². The van der Waals surface area contributed by atoms with Crippen molar-refractivity contribution in [1.82, 2.24) is 14.8 Å². The van der Waals surface area contributed by atoms with Crippen LogP contribution in [0.5, 0.6) is 5.75 Å². The number of piperazine rings is 1. The maximum Gasteiger partial charge on any atom is 0.137 e. The zero-order chi connectivity index (χ0) is 28.4. The summed E-state index contributed by atoms with van der Waals surface area (Å²) in [6.45, 7) is 10.5. The zero-order valence-corrected chi connectivity index (χ0v) is 24.3. The van der Waals surface area contributed by atoms with Crippen molar-refractivity contribution < 1.29 is 9.53 Å². The van der Waals surface area contributed by atoms with E-state index in [1.807, 2.05) is 42.6 Å². The van der Waals surface area contributed by atoms with E-state index in [9.17, 15) is 4.79 Å². The van der Waals surface area contributed by atoms with Gasteiger partial charge < -0.3 is 4.74 Å². The summed E-state index contributed by atoms with van der Waals surface area (Å²) in [4.78, 5) is 21.7. The van der Waals surface area contributed by atoms with E-state index in [1.54, 1.807) is 6.20 Å². The molecule has 5 heteroatoms. The predicted octanol–water partition coefficient (Wildman–Crippen LogP) is 6.60. The number of ether oxygens (including phenoxy) is 1. The fraction of sp³-hybridized carbons (Fsp3) is 0.333. The van der Waals surface area contributed by atoms with Crippen molar-refractivity contribution in [2.75, 3.05) is 26.2 Å². The first-order chi connectivity index (χ1) is 20.0. The number of nitrogens with zero attached hydrogens (tertiary/aromatic N) is 3. The number of benzene rings is 3. The molecule has 3 aromatic carbocycles. The number of rotatable bonds is 12. The lowest BCUT2D eigenvalue weighted by Gasteiger charge is -2.37. The normalized spacial score (nSPS) is 14.3. The minimum Gasteiger partial charge on any atom is -0.489 e. The van der Waals surface area contributed by atoms with Gasteiger partial charge in [-0.3, -0.25) is 19.6 Å². The van der Waals surface area contributed by atoms with Gasteiger partial charge in [-0.2, -0.15) is 0 Å². The van der Waals surface area contributed by atoms with Crippen LogP contribution < -0.4 is 4.74 Å². The second-order valence-electron chi connectivity index (χ2n) is 11.2. The van der Waals surface area contributed by atoms with Crippen LogP contribution in [0.15, 0.2) is 97.3 Å². The van der Waals surface area contributed by atoms with E-state index in [0.717, 1.165) is 56.0 Å². The van der Waals surface area contributed by atoms with E-state index < -0.39 is 0 Å². The number of Topliss-reactive ketones (excluding diaryl/α,β-unsaturated/α-hetero) is 1. The highest BCUT2D eigenvalue weighted by Gasteiger charge is 2.20. The van der Waals surface area contributed by atoms with Crippen LogP contribution in [-0.2, 0) is 30.8 Å². The molecule has 5 nitrogen and oxygen atoms in total. The number of hydrogen-bond acceptors (Lipinski definition) is 5. The summed E-state index contributed by atoms with van der Waals surface area (Å²) in [5.41, 5.74) is 7.13. The van der Waals surface area contributed by atoms with Crippen LogP contribution in [0.4, 0.5) is 0 Å². The Morgan fingerprint density at radius 2 is 1.49 bits per heavy atom. The Bertz CT molecular complexity index is 1390. The van der Waals surface area contributed by atoms with Crippen LogP contribution in [0.3, 0.4) is 0 Å². The minimum absolute atomic E-state index is 0.233. The molecule has 1 aromatic heterocycles. The van der Waals surface area contributed by atoms with E-state index in [-0.39, 0.29) is 5.78 Å². The fourth-order valence-electron chi connectivity index (χ4n) is 5.52. The summed E-state index contributed by atoms with van der Waals surface area (Å²) >= 11 is 0. The maximum absolute atomic E-state index is 12.5. The summed E-state index contributed by atoms with van der Waals surface area (Å²) < 4.78 is 6.24. The standard InChI is InChI=1S/C36H41N3O2/c1-28(2)39-22-20-38(21-23-39)26-31-9-3-5-11-35(31)36-12-6-4-10-32(36)27-41-34-17-14-29(15-18-34)24-33(40)16-13-30-8-7-19-37-25-30/h3-12,14-15,17-19,25,28H,13,16,20-24,26-27H2,1-2H3. The van der Waals surface area contributed by atoms with Gasteiger partial charge in [0.05, 0.1) is 0 Å². The van der Waals surface area contributed by atoms with Crippen LogP contribution in [-0.4, -0.2) is 52.8 Å². The molecule has 1 fully saturated rings. The van der Waals surface area contributed by atoms with E-state index in [0.29, 0.717) is 25.5 Å². The molecule has 1 aliphatic heterocycles. The largest absolute Gasteiger partial charge is 0.489 e. The number of aryl methyl sites for hydroxylation is 1. The Labute approximate surface area is 244 Å². The van der Waals surface area contributed by atoms with Crippen molar-refractivity contribution in [2.24, 2.45) is 0 Å². The lowest BCUT2D eigenvalue weighted by atomic mass is 9.95. The van der Waals surface area contributed by atoms with Gasteiger partial charge in [0.2, 0.25) is 0 Å². The third-order valence-corrected chi connectivity index (χ3v) is 7.99. The van der Waals surface area contributed by atoms with Crippen LogP contribution in [0, 0.1) is 0 Å². The lowest BCUT2D eigenvalue weighted by Crippen LogP contribution is -2.48. The van der Waals surface area contributed by atoms with Gasteiger partial charge in [0, 0.05) is 64.0 Å². The van der Waals surface area contributed by atoms with E-state index in [2.05, 4.69) is 77.2 Å². The molecule has 212 valence electrons. The predicted molar refractivity (Wildman–Crippen MR) is 166 cm³/mol. The van der Waals surface area contributed by atoms with Crippen LogP contribution in [0.25, 0.3) is 11.1 Å². The Balaban J connectivity index is 1.19. The van der Waals surface area contributed by atoms with Gasteiger partial charge in [-0.1, -0.05) is 66.7 Å². The van der Waals surface area contributed by atoms with Gasteiger partial charge in [-0.05, 0) is 71.8 Å². The molecule has 0 atom stereocenters. The minimum atomic E-state index is 0.233. The van der Waals surface area contributed by atoms with Crippen LogP contribution >= 0.6 is 0 Å². The van der Waals surface area contributed by atoms with Gasteiger partial charge >= 0.3 is 0 Å². The Hall–Kier alpha value is -3.80. The summed E-state index contributed by atoms with van der Waals surface area (Å²) in [6.07, 6.45) is 5.27. The third-order valence-electron chi connectivity index (χ3n) is 7.99. The van der Waals surface area contributed by atoms with E-state index in [1.165, 1.54) is 22.3 Å². The average molecular weight is 548 g/mol. The zero-order valence-electron chi connectivity index (χ0n) is 24.3. The third kappa shape index (κ3) is 8.12. The van der Waals surface area contributed by atoms with Crippen LogP contribution in [0.1, 0.15) is 42.5 Å². The van der Waals surface area contributed by atoms with Crippen molar-refractivity contribution >= 4 is 5.78 Å². The highest BCUT2D eigenvalue weighted by molar-refractivity contribution is 5.81. The quantitative estimate of drug-likeness (QED) is 0.200. The molecule has 0 N–H and O–H groups in total. The van der Waals surface area contributed by atoms with Crippen LogP contribution in [0.2, 0.25) is 0 Å². The molecule has 0 spiro atoms. The molecule has 0 radical (unpaired) electrons. The van der Waals surface area contributed by atoms with Crippen molar-refractivity contribution in [3.63, 3.8) is 0 Å². The van der Waals surface area contributed by atoms with Gasteiger partial charge in [-0.15, -0.1) is 0 Å². The molecular weight excluding hydrogens is 506 g/mol. The number of ketones is 1. The first-order valence-corrected chi connectivity index (χ1v) is 14.8. The first-order valence-electron chi connectivity index (χ1n) is 14.8. The average Bonchev–Trinajstić information content (AvgIpc) is 3.01. The summed E-state index contributed by atoms with van der Waals surface area (Å²) in [5.74, 6) is 1.04. The molecule has 2 heterocycles. The molecule has 0 unspecified atom stereocenters. The molecule has 4 aromatic rings. The summed E-state index contributed by atoms with van der Waals surface area (Å²) in [5, 5.41) is 0. The smallest absolute Gasteiger partial charge is 0.137 e. The second kappa shape index (κ2) is 14.2. The Morgan fingerprint density at radius 1 is 0.805 bits per heavy atom. The number of carbonyl (C=O) groups is 1. The molecule has 41 heavy (non-hydrogen) atoms. The topological polar surface area (TPSA) is 45.7 Å². The molecule has 0 saturated carbocycles. The molecule has 1 saturated heterocycles. The van der Waals surface area contributed by atoms with E-state index in [4.69, 9.17) is 4.74 Å². The van der Waals surface area contributed by atoms with Gasteiger partial charge in [0.15, 0.2) is 0 Å². The summed E-state index contributed by atoms with van der Waals surface area (Å²) in [7, 11) is 0. The Kier molecular flexibility index (Phi) is 9.95. The van der Waals surface area contributed by atoms with Crippen molar-refractivity contribution in [2.45, 2.75) is 52.3 Å². The SMILES string of the molecule is CC(C)N1CCN(Cc2ccccc2-c2ccccc2COc2ccc(CC(=O)CCc3cccnc3)cc2)CC1. The molecule has 0 amide bonds. The summed E-state index contributed by atoms with van der Waals surface area (Å²) in [6, 6.07) is 29.8. The highest BCUT2D eigenvalue weighted by Crippen LogP contribution is 2.29. The molecule has 0 bridgehead atoms.